The smallest absolute Gasteiger partial charge is 0.0492 e. The van der Waals surface area contributed by atoms with Crippen molar-refractivity contribution in [1.82, 2.24) is 15.1 Å². The first-order valence-corrected chi connectivity index (χ1v) is 7.21. The Morgan fingerprint density at radius 1 is 1.56 bits per heavy atom. The average molecular weight is 239 g/mol. The van der Waals surface area contributed by atoms with Crippen LogP contribution in [0.2, 0.25) is 0 Å². The third-order valence-electron chi connectivity index (χ3n) is 3.63. The van der Waals surface area contributed by atoms with Gasteiger partial charge in [-0.15, -0.1) is 0 Å². The second-order valence-corrected chi connectivity index (χ2v) is 5.89. The van der Waals surface area contributed by atoms with Crippen molar-refractivity contribution in [2.45, 2.75) is 30.4 Å². The maximum atomic E-state index is 4.17. The summed E-state index contributed by atoms with van der Waals surface area (Å²) in [6.45, 7) is 2.22. The van der Waals surface area contributed by atoms with Gasteiger partial charge in [-0.3, -0.25) is 4.68 Å². The van der Waals surface area contributed by atoms with E-state index >= 15 is 0 Å². The van der Waals surface area contributed by atoms with Crippen molar-refractivity contribution < 1.29 is 0 Å². The van der Waals surface area contributed by atoms with E-state index in [-0.39, 0.29) is 0 Å². The van der Waals surface area contributed by atoms with E-state index in [0.717, 1.165) is 19.5 Å². The van der Waals surface area contributed by atoms with Gasteiger partial charge in [0.2, 0.25) is 0 Å². The molecule has 1 aromatic rings. The highest BCUT2D eigenvalue weighted by molar-refractivity contribution is 8.00. The largest absolute Gasteiger partial charge is 0.315 e. The van der Waals surface area contributed by atoms with E-state index in [0.29, 0.717) is 4.75 Å². The topological polar surface area (TPSA) is 29.9 Å². The third kappa shape index (κ3) is 2.61. The molecule has 4 heteroatoms. The van der Waals surface area contributed by atoms with Crippen LogP contribution in [0.25, 0.3) is 0 Å². The number of nitrogens with zero attached hydrogens (tertiary/aromatic N) is 2. The minimum Gasteiger partial charge on any atom is -0.315 e. The first kappa shape index (κ1) is 12.0. The number of hydrogen-bond donors (Lipinski definition) is 1. The van der Waals surface area contributed by atoms with E-state index in [4.69, 9.17) is 0 Å². The average Bonchev–Trinajstić information content (AvgIpc) is 2.62. The Bertz CT molecular complexity index is 325. The van der Waals surface area contributed by atoms with Gasteiger partial charge < -0.3 is 5.32 Å². The molecule has 0 saturated heterocycles. The highest BCUT2D eigenvalue weighted by Gasteiger charge is 2.35. The fourth-order valence-corrected chi connectivity index (χ4v) is 3.15. The van der Waals surface area contributed by atoms with Crippen LogP contribution in [0.4, 0.5) is 0 Å². The molecule has 1 aliphatic carbocycles. The summed E-state index contributed by atoms with van der Waals surface area (Å²) in [5.74, 6) is 0. The maximum Gasteiger partial charge on any atom is 0.0492 e. The van der Waals surface area contributed by atoms with Crippen molar-refractivity contribution in [3.05, 3.63) is 18.0 Å². The molecule has 90 valence electrons. The highest BCUT2D eigenvalue weighted by Crippen LogP contribution is 2.42. The van der Waals surface area contributed by atoms with Gasteiger partial charge in [0.15, 0.2) is 0 Å². The van der Waals surface area contributed by atoms with Gasteiger partial charge in [0.1, 0.15) is 0 Å². The molecule has 1 N–H and O–H groups in total. The summed E-state index contributed by atoms with van der Waals surface area (Å²) < 4.78 is 2.50. The Kier molecular flexibility index (Phi) is 3.92. The lowest BCUT2D eigenvalue weighted by atomic mass is 9.84. The van der Waals surface area contributed by atoms with Crippen molar-refractivity contribution in [3.8, 4) is 0 Å². The predicted octanol–water partition coefficient (Wildman–Crippen LogP) is 1.84. The summed E-state index contributed by atoms with van der Waals surface area (Å²) in [5, 5.41) is 7.76. The molecule has 0 bridgehead atoms. The molecule has 1 aliphatic rings. The summed E-state index contributed by atoms with van der Waals surface area (Å²) in [6.07, 6.45) is 9.34. The number of nitrogens with one attached hydrogen (secondary N) is 1. The zero-order chi connectivity index (χ0) is 11.4. The van der Waals surface area contributed by atoms with Crippen LogP contribution in [0, 0.1) is 0 Å². The number of thioether (sulfide) groups is 1. The summed E-state index contributed by atoms with van der Waals surface area (Å²) >= 11 is 2.03. The SMILES string of the molecule is CSC1(CNCCc2ccnn2C)CCC1. The summed E-state index contributed by atoms with van der Waals surface area (Å²) in [5.41, 5.74) is 1.30. The first-order valence-electron chi connectivity index (χ1n) is 5.98. The van der Waals surface area contributed by atoms with Crippen LogP contribution in [0.15, 0.2) is 12.3 Å². The number of aromatic nitrogens is 2. The van der Waals surface area contributed by atoms with Crippen molar-refractivity contribution >= 4 is 11.8 Å². The normalized spacial score (nSPS) is 18.4. The number of hydrogen-bond acceptors (Lipinski definition) is 3. The molecule has 0 radical (unpaired) electrons. The van der Waals surface area contributed by atoms with Crippen LogP contribution in [0.5, 0.6) is 0 Å². The van der Waals surface area contributed by atoms with Crippen molar-refractivity contribution in [2.75, 3.05) is 19.3 Å². The second kappa shape index (κ2) is 5.23. The molecule has 0 amide bonds. The van der Waals surface area contributed by atoms with E-state index < -0.39 is 0 Å². The summed E-state index contributed by atoms with van der Waals surface area (Å²) in [7, 11) is 2.00. The van der Waals surface area contributed by atoms with Crippen LogP contribution in [-0.2, 0) is 13.5 Å². The highest BCUT2D eigenvalue weighted by atomic mass is 32.2. The molecule has 0 atom stereocenters. The molecular weight excluding hydrogens is 218 g/mol. The lowest BCUT2D eigenvalue weighted by molar-refractivity contribution is 0.346. The molecule has 1 heterocycles. The van der Waals surface area contributed by atoms with E-state index in [9.17, 15) is 0 Å². The van der Waals surface area contributed by atoms with Crippen LogP contribution in [-0.4, -0.2) is 33.9 Å². The van der Waals surface area contributed by atoms with Gasteiger partial charge in [0.25, 0.3) is 0 Å². The van der Waals surface area contributed by atoms with Gasteiger partial charge in [0.05, 0.1) is 0 Å². The van der Waals surface area contributed by atoms with E-state index in [1.165, 1.54) is 25.0 Å². The Morgan fingerprint density at radius 3 is 2.88 bits per heavy atom. The van der Waals surface area contributed by atoms with Gasteiger partial charge in [0, 0.05) is 43.2 Å². The lowest BCUT2D eigenvalue weighted by Crippen LogP contribution is -2.43. The third-order valence-corrected chi connectivity index (χ3v) is 5.04. The molecule has 0 spiro atoms. The predicted molar refractivity (Wildman–Crippen MR) is 69.9 cm³/mol. The standard InChI is InChI=1S/C12H21N3S/c1-15-11(5-9-14-15)4-8-13-10-12(16-2)6-3-7-12/h5,9,13H,3-4,6-8,10H2,1-2H3. The van der Waals surface area contributed by atoms with Gasteiger partial charge in [-0.1, -0.05) is 6.42 Å². The monoisotopic (exact) mass is 239 g/mol. The Morgan fingerprint density at radius 2 is 2.38 bits per heavy atom. The van der Waals surface area contributed by atoms with Crippen LogP contribution in [0.3, 0.4) is 0 Å². The van der Waals surface area contributed by atoms with Gasteiger partial charge in [-0.25, -0.2) is 0 Å². The summed E-state index contributed by atoms with van der Waals surface area (Å²) in [6, 6.07) is 2.09. The molecule has 0 unspecified atom stereocenters. The minimum atomic E-state index is 0.548. The molecule has 1 aromatic heterocycles. The van der Waals surface area contributed by atoms with E-state index in [1.54, 1.807) is 0 Å². The number of rotatable bonds is 6. The molecule has 0 aromatic carbocycles. The zero-order valence-electron chi connectivity index (χ0n) is 10.2. The van der Waals surface area contributed by atoms with Gasteiger partial charge >= 0.3 is 0 Å². The molecular formula is C12H21N3S. The fraction of sp³-hybridized carbons (Fsp3) is 0.750. The van der Waals surface area contributed by atoms with E-state index in [1.807, 2.05) is 29.7 Å². The Balaban J connectivity index is 1.67. The Labute approximate surface area is 102 Å². The zero-order valence-corrected chi connectivity index (χ0v) is 11.0. The molecule has 16 heavy (non-hydrogen) atoms. The lowest BCUT2D eigenvalue weighted by Gasteiger charge is -2.40. The van der Waals surface area contributed by atoms with Gasteiger partial charge in [-0.05, 0) is 25.2 Å². The van der Waals surface area contributed by atoms with Crippen molar-refractivity contribution in [2.24, 2.45) is 7.05 Å². The van der Waals surface area contributed by atoms with Crippen molar-refractivity contribution in [3.63, 3.8) is 0 Å². The van der Waals surface area contributed by atoms with Crippen LogP contribution < -0.4 is 5.32 Å². The van der Waals surface area contributed by atoms with Crippen molar-refractivity contribution in [1.29, 1.82) is 0 Å². The Hall–Kier alpha value is -0.480. The molecule has 2 rings (SSSR count). The van der Waals surface area contributed by atoms with Crippen LogP contribution in [0.1, 0.15) is 25.0 Å². The molecule has 1 saturated carbocycles. The molecule has 0 aliphatic heterocycles. The van der Waals surface area contributed by atoms with Gasteiger partial charge in [-0.2, -0.15) is 16.9 Å². The second-order valence-electron chi connectivity index (χ2n) is 4.61. The first-order chi connectivity index (χ1) is 7.76. The minimum absolute atomic E-state index is 0.548. The van der Waals surface area contributed by atoms with E-state index in [2.05, 4.69) is 22.7 Å². The number of aryl methyl sites for hydroxylation is 1. The van der Waals surface area contributed by atoms with Crippen LogP contribution >= 0.6 is 11.8 Å². The fourth-order valence-electron chi connectivity index (χ4n) is 2.20. The molecule has 1 fully saturated rings. The quantitative estimate of drug-likeness (QED) is 0.768. The molecule has 3 nitrogen and oxygen atoms in total. The summed E-state index contributed by atoms with van der Waals surface area (Å²) in [4.78, 5) is 0. The maximum absolute atomic E-state index is 4.17.